The first kappa shape index (κ1) is 12.7. The number of guanidine groups is 1. The maximum Gasteiger partial charge on any atom is 0.251 e. The molecule has 17 heavy (non-hydrogen) atoms. The van der Waals surface area contributed by atoms with Crippen molar-refractivity contribution in [2.24, 2.45) is 0 Å². The van der Waals surface area contributed by atoms with Gasteiger partial charge in [-0.05, 0) is 6.92 Å². The first-order valence-electron chi connectivity index (χ1n) is 4.85. The average molecular weight is 242 g/mol. The average Bonchev–Trinajstić information content (AvgIpc) is 2.63. The molecular weight excluding hydrogens is 228 g/mol. The van der Waals surface area contributed by atoms with Crippen LogP contribution in [0.25, 0.3) is 0 Å². The third-order valence-electron chi connectivity index (χ3n) is 2.02. The molecule has 0 bridgehead atoms. The second-order valence-electron chi connectivity index (χ2n) is 3.34. The molecule has 0 aliphatic carbocycles. The monoisotopic (exact) mass is 242 g/mol. The number of hydrogen-bond donors (Lipinski definition) is 3. The number of nitro groups is 1. The van der Waals surface area contributed by atoms with Crippen LogP contribution in [0.4, 0.5) is 5.88 Å². The lowest BCUT2D eigenvalue weighted by molar-refractivity contribution is -0.525. The highest BCUT2D eigenvalue weighted by Gasteiger charge is 2.09. The number of oxazole rings is 1. The normalized spacial score (nSPS) is 9.76. The Hall–Kier alpha value is -2.32. The first-order chi connectivity index (χ1) is 8.00. The fraction of sp³-hybridized carbons (Fsp3) is 0.500. The molecule has 9 nitrogen and oxygen atoms in total. The Balaban J connectivity index is 2.30. The molecule has 0 unspecified atom stereocenters. The summed E-state index contributed by atoms with van der Waals surface area (Å²) in [7, 11) is 1.81. The van der Waals surface area contributed by atoms with Gasteiger partial charge in [-0.3, -0.25) is 5.41 Å². The van der Waals surface area contributed by atoms with Crippen LogP contribution < -0.4 is 15.6 Å². The van der Waals surface area contributed by atoms with Crippen LogP contribution in [0.15, 0.2) is 10.8 Å². The van der Waals surface area contributed by atoms with E-state index in [1.165, 1.54) is 6.39 Å². The lowest BCUT2D eigenvalue weighted by Gasteiger charge is -2.16. The molecule has 94 valence electrons. The molecule has 0 fully saturated rings. The fourth-order valence-electron chi connectivity index (χ4n) is 1.24. The van der Waals surface area contributed by atoms with Gasteiger partial charge in [0.15, 0.2) is 11.4 Å². The molecule has 0 saturated heterocycles. The van der Waals surface area contributed by atoms with Crippen molar-refractivity contribution in [1.29, 1.82) is 5.41 Å². The number of hydrazine groups is 1. The predicted molar refractivity (Wildman–Crippen MR) is 60.4 cm³/mol. The van der Waals surface area contributed by atoms with Crippen molar-refractivity contribution in [3.05, 3.63) is 22.2 Å². The minimum atomic E-state index is -0.792. The number of aryl methyl sites for hydroxylation is 1. The fourth-order valence-corrected chi connectivity index (χ4v) is 1.24. The van der Waals surface area contributed by atoms with Gasteiger partial charge in [0.25, 0.3) is 5.96 Å². The summed E-state index contributed by atoms with van der Waals surface area (Å²) in [4.78, 5) is 15.8. The second kappa shape index (κ2) is 5.68. The Morgan fingerprint density at radius 1 is 1.76 bits per heavy atom. The van der Waals surface area contributed by atoms with Gasteiger partial charge in [-0.2, -0.15) is 0 Å². The molecule has 0 atom stereocenters. The zero-order chi connectivity index (χ0) is 12.8. The van der Waals surface area contributed by atoms with Crippen molar-refractivity contribution in [2.75, 3.05) is 25.0 Å². The van der Waals surface area contributed by atoms with Gasteiger partial charge in [0.2, 0.25) is 5.88 Å². The zero-order valence-electron chi connectivity index (χ0n) is 9.56. The molecule has 0 aliphatic heterocycles. The molecule has 9 heteroatoms. The Labute approximate surface area is 97.4 Å². The van der Waals surface area contributed by atoms with E-state index in [2.05, 4.69) is 10.3 Å². The zero-order valence-corrected chi connectivity index (χ0v) is 9.56. The van der Waals surface area contributed by atoms with E-state index in [1.54, 1.807) is 17.4 Å². The maximum atomic E-state index is 10.0. The largest absolute Gasteiger partial charge is 0.428 e. The molecule has 3 N–H and O–H groups in total. The number of nitrogens with one attached hydrogen (secondary N) is 3. The smallest absolute Gasteiger partial charge is 0.251 e. The molecule has 1 aromatic heterocycles. The summed E-state index contributed by atoms with van der Waals surface area (Å²) in [6.45, 7) is 2.72. The molecule has 0 aromatic carbocycles. The highest BCUT2D eigenvalue weighted by Crippen LogP contribution is 2.15. The highest BCUT2D eigenvalue weighted by atomic mass is 16.7. The Bertz CT molecular complexity index is 404. The van der Waals surface area contributed by atoms with Gasteiger partial charge >= 0.3 is 0 Å². The SMILES string of the molecule is Cc1ncoc1N(C)CCNC(=N)N[N+](=O)[O-]. The van der Waals surface area contributed by atoms with Gasteiger partial charge in [0.1, 0.15) is 5.69 Å². The van der Waals surface area contributed by atoms with E-state index in [4.69, 9.17) is 9.83 Å². The Kier molecular flexibility index (Phi) is 4.26. The quantitative estimate of drug-likeness (QED) is 0.281. The van der Waals surface area contributed by atoms with Crippen molar-refractivity contribution in [1.82, 2.24) is 15.7 Å². The third kappa shape index (κ3) is 3.97. The molecule has 0 aliphatic rings. The van der Waals surface area contributed by atoms with Crippen molar-refractivity contribution >= 4 is 11.8 Å². The van der Waals surface area contributed by atoms with Crippen LogP contribution in [0.5, 0.6) is 0 Å². The molecule has 0 saturated carbocycles. The van der Waals surface area contributed by atoms with E-state index < -0.39 is 5.03 Å². The Morgan fingerprint density at radius 3 is 3.00 bits per heavy atom. The van der Waals surface area contributed by atoms with Crippen molar-refractivity contribution < 1.29 is 9.45 Å². The van der Waals surface area contributed by atoms with E-state index >= 15 is 0 Å². The predicted octanol–water partition coefficient (Wildman–Crippen LogP) is -0.275. The van der Waals surface area contributed by atoms with Crippen LogP contribution in [0, 0.1) is 22.4 Å². The highest BCUT2D eigenvalue weighted by molar-refractivity contribution is 5.75. The van der Waals surface area contributed by atoms with Crippen LogP contribution in [0.2, 0.25) is 0 Å². The van der Waals surface area contributed by atoms with E-state index in [0.29, 0.717) is 19.0 Å². The van der Waals surface area contributed by atoms with E-state index in [1.807, 2.05) is 6.92 Å². The van der Waals surface area contributed by atoms with Gasteiger partial charge in [0, 0.05) is 20.1 Å². The lowest BCUT2D eigenvalue weighted by atomic mass is 10.4. The number of likely N-dealkylation sites (N-methyl/N-ethyl adjacent to an activating group) is 1. The van der Waals surface area contributed by atoms with Crippen LogP contribution in [0.3, 0.4) is 0 Å². The first-order valence-corrected chi connectivity index (χ1v) is 4.85. The van der Waals surface area contributed by atoms with Gasteiger partial charge in [-0.15, -0.1) is 0 Å². The lowest BCUT2D eigenvalue weighted by Crippen LogP contribution is -2.42. The number of hydrogen-bond acceptors (Lipinski definition) is 6. The molecule has 0 amide bonds. The van der Waals surface area contributed by atoms with Gasteiger partial charge < -0.3 is 14.6 Å². The molecular formula is C8H14N6O3. The second-order valence-corrected chi connectivity index (χ2v) is 3.34. The van der Waals surface area contributed by atoms with Crippen LogP contribution in [-0.4, -0.2) is 36.1 Å². The van der Waals surface area contributed by atoms with E-state index in [9.17, 15) is 10.1 Å². The van der Waals surface area contributed by atoms with Crippen molar-refractivity contribution in [3.8, 4) is 0 Å². The molecule has 0 radical (unpaired) electrons. The minimum absolute atomic E-state index is 0.349. The van der Waals surface area contributed by atoms with E-state index in [-0.39, 0.29) is 5.96 Å². The summed E-state index contributed by atoms with van der Waals surface area (Å²) in [6.07, 6.45) is 1.35. The van der Waals surface area contributed by atoms with E-state index in [0.717, 1.165) is 5.69 Å². The van der Waals surface area contributed by atoms with Crippen molar-refractivity contribution in [3.63, 3.8) is 0 Å². The number of anilines is 1. The van der Waals surface area contributed by atoms with Crippen LogP contribution in [-0.2, 0) is 0 Å². The number of rotatable bonds is 5. The van der Waals surface area contributed by atoms with Crippen molar-refractivity contribution in [2.45, 2.75) is 6.92 Å². The summed E-state index contributed by atoms with van der Waals surface area (Å²) < 4.78 is 5.16. The molecule has 1 heterocycles. The summed E-state index contributed by atoms with van der Waals surface area (Å²) in [5.74, 6) is 0.290. The summed E-state index contributed by atoms with van der Waals surface area (Å²) in [5, 5.41) is 18.9. The number of aromatic nitrogens is 1. The number of nitrogens with zero attached hydrogens (tertiary/aromatic N) is 3. The van der Waals surface area contributed by atoms with Crippen LogP contribution in [0.1, 0.15) is 5.69 Å². The van der Waals surface area contributed by atoms with Gasteiger partial charge in [-0.1, -0.05) is 5.43 Å². The molecule has 0 spiro atoms. The summed E-state index contributed by atoms with van der Waals surface area (Å²) in [6, 6.07) is 0. The standard InChI is InChI=1S/C8H14N6O3/c1-6-7(17-5-11-6)13(2)4-3-10-8(9)12-14(15)16/h5H,3-4H2,1-2H3,(H3,9,10,12). The van der Waals surface area contributed by atoms with Gasteiger partial charge in [-0.25, -0.2) is 15.1 Å². The summed E-state index contributed by atoms with van der Waals surface area (Å²) in [5.41, 5.74) is 2.47. The third-order valence-corrected chi connectivity index (χ3v) is 2.02. The summed E-state index contributed by atoms with van der Waals surface area (Å²) >= 11 is 0. The van der Waals surface area contributed by atoms with Gasteiger partial charge in [0.05, 0.1) is 0 Å². The topological polar surface area (TPSA) is 120 Å². The molecule has 1 aromatic rings. The minimum Gasteiger partial charge on any atom is -0.428 e. The Morgan fingerprint density at radius 2 is 2.47 bits per heavy atom. The van der Waals surface area contributed by atoms with Crippen LogP contribution >= 0.6 is 0 Å². The maximum absolute atomic E-state index is 10.0. The molecule has 1 rings (SSSR count).